The third-order valence-corrected chi connectivity index (χ3v) is 5.92. The van der Waals surface area contributed by atoms with Gasteiger partial charge in [-0.25, -0.2) is 0 Å². The molecule has 1 saturated heterocycles. The largest absolute Gasteiger partial charge is 0.418 e. The van der Waals surface area contributed by atoms with Gasteiger partial charge in [0.1, 0.15) is 0 Å². The number of nitrogens with zero attached hydrogens (tertiary/aromatic N) is 1. The van der Waals surface area contributed by atoms with Crippen LogP contribution in [0.15, 0.2) is 42.6 Å². The Labute approximate surface area is 180 Å². The fraction of sp³-hybridized carbons (Fsp3) is 0.375. The van der Waals surface area contributed by atoms with Gasteiger partial charge in [0.2, 0.25) is 0 Å². The maximum Gasteiger partial charge on any atom is 0.418 e. The van der Waals surface area contributed by atoms with E-state index in [9.17, 15) is 18.0 Å². The van der Waals surface area contributed by atoms with Crippen LogP contribution in [0.1, 0.15) is 48.8 Å². The van der Waals surface area contributed by atoms with Gasteiger partial charge in [-0.2, -0.15) is 13.2 Å². The van der Waals surface area contributed by atoms with Gasteiger partial charge in [-0.1, -0.05) is 31.4 Å². The first-order valence-electron chi connectivity index (χ1n) is 10.7. The zero-order valence-electron chi connectivity index (χ0n) is 17.5. The Kier molecular flexibility index (Phi) is 5.94. The standard InChI is InChI=1S/C24H26F3N3O/c1-16-8-7-9-20-22(16)18(23(31)29-20)15-28-17-10-11-21(19(14-17)24(25,26)27)30-12-5-3-2-4-6-13-30/h7-11,14-15,28H,2-6,12-13H2,1H3,(H,29,31). The number of halogens is 3. The van der Waals surface area contributed by atoms with Gasteiger partial charge in [0.05, 0.1) is 11.1 Å². The Hall–Kier alpha value is -2.96. The van der Waals surface area contributed by atoms with Crippen LogP contribution in [0.3, 0.4) is 0 Å². The van der Waals surface area contributed by atoms with E-state index in [1.807, 2.05) is 24.0 Å². The van der Waals surface area contributed by atoms with Gasteiger partial charge >= 0.3 is 6.18 Å². The predicted molar refractivity (Wildman–Crippen MR) is 118 cm³/mol. The van der Waals surface area contributed by atoms with Gasteiger partial charge in [0.15, 0.2) is 0 Å². The topological polar surface area (TPSA) is 44.4 Å². The van der Waals surface area contributed by atoms with Gasteiger partial charge in [-0.15, -0.1) is 0 Å². The van der Waals surface area contributed by atoms with Gasteiger partial charge in [-0.3, -0.25) is 4.79 Å². The molecule has 2 aromatic carbocycles. The number of rotatable bonds is 3. The predicted octanol–water partition coefficient (Wildman–Crippen LogP) is 6.19. The first-order valence-corrected chi connectivity index (χ1v) is 10.7. The number of anilines is 3. The second kappa shape index (κ2) is 8.65. The minimum atomic E-state index is -4.46. The molecule has 0 aliphatic carbocycles. The van der Waals surface area contributed by atoms with E-state index in [1.54, 1.807) is 18.2 Å². The highest BCUT2D eigenvalue weighted by molar-refractivity contribution is 6.32. The highest BCUT2D eigenvalue weighted by Crippen LogP contribution is 2.39. The zero-order valence-corrected chi connectivity index (χ0v) is 17.5. The number of aryl methyl sites for hydroxylation is 1. The van der Waals surface area contributed by atoms with Crippen LogP contribution in [0.4, 0.5) is 30.2 Å². The molecule has 4 rings (SSSR count). The maximum atomic E-state index is 13.9. The van der Waals surface area contributed by atoms with Crippen LogP contribution in [-0.4, -0.2) is 19.0 Å². The molecule has 0 unspecified atom stereocenters. The minimum Gasteiger partial charge on any atom is -0.371 e. The maximum absolute atomic E-state index is 13.9. The fourth-order valence-corrected chi connectivity index (χ4v) is 4.34. The summed E-state index contributed by atoms with van der Waals surface area (Å²) in [6.45, 7) is 3.17. The van der Waals surface area contributed by atoms with Crippen LogP contribution in [0.5, 0.6) is 0 Å². The summed E-state index contributed by atoms with van der Waals surface area (Å²) in [6, 6.07) is 9.87. The molecule has 1 fully saturated rings. The fourth-order valence-electron chi connectivity index (χ4n) is 4.34. The number of alkyl halides is 3. The number of carbonyl (C=O) groups is 1. The Balaban J connectivity index is 1.63. The van der Waals surface area contributed by atoms with Crippen molar-refractivity contribution in [1.29, 1.82) is 0 Å². The lowest BCUT2D eigenvalue weighted by molar-refractivity contribution is -0.137. The van der Waals surface area contributed by atoms with Crippen LogP contribution in [0.25, 0.3) is 5.57 Å². The highest BCUT2D eigenvalue weighted by atomic mass is 19.4. The summed E-state index contributed by atoms with van der Waals surface area (Å²) in [6.07, 6.45) is 2.07. The molecule has 2 aliphatic heterocycles. The lowest BCUT2D eigenvalue weighted by Gasteiger charge is -2.29. The Morgan fingerprint density at radius 2 is 1.74 bits per heavy atom. The monoisotopic (exact) mass is 429 g/mol. The SMILES string of the molecule is Cc1cccc2c1C(=CNc1ccc(N3CCCCCCC3)c(C(F)(F)F)c1)C(=O)N2. The van der Waals surface area contributed by atoms with Crippen molar-refractivity contribution in [3.8, 4) is 0 Å². The van der Waals surface area contributed by atoms with Crippen LogP contribution < -0.4 is 15.5 Å². The molecule has 0 radical (unpaired) electrons. The average molecular weight is 429 g/mol. The van der Waals surface area contributed by atoms with Crippen molar-refractivity contribution in [2.24, 2.45) is 0 Å². The van der Waals surface area contributed by atoms with Gasteiger partial charge < -0.3 is 15.5 Å². The van der Waals surface area contributed by atoms with Crippen LogP contribution in [0.2, 0.25) is 0 Å². The van der Waals surface area contributed by atoms with Crippen molar-refractivity contribution in [3.63, 3.8) is 0 Å². The third-order valence-electron chi connectivity index (χ3n) is 5.92. The number of hydrogen-bond acceptors (Lipinski definition) is 3. The number of nitrogens with one attached hydrogen (secondary N) is 2. The second-order valence-electron chi connectivity index (χ2n) is 8.14. The molecule has 2 aliphatic rings. The average Bonchev–Trinajstić information content (AvgIpc) is 3.02. The van der Waals surface area contributed by atoms with E-state index in [2.05, 4.69) is 10.6 Å². The highest BCUT2D eigenvalue weighted by Gasteiger charge is 2.35. The summed E-state index contributed by atoms with van der Waals surface area (Å²) in [4.78, 5) is 14.2. The van der Waals surface area contributed by atoms with E-state index in [4.69, 9.17) is 0 Å². The number of hydrogen-bond donors (Lipinski definition) is 2. The normalized spacial score (nSPS) is 18.4. The summed E-state index contributed by atoms with van der Waals surface area (Å²) < 4.78 is 41.7. The van der Waals surface area contributed by atoms with Crippen molar-refractivity contribution in [1.82, 2.24) is 0 Å². The molecule has 4 nitrogen and oxygen atoms in total. The Bertz CT molecular complexity index is 1010. The summed E-state index contributed by atoms with van der Waals surface area (Å²) >= 11 is 0. The van der Waals surface area contributed by atoms with Gasteiger partial charge in [0, 0.05) is 41.9 Å². The molecule has 2 N–H and O–H groups in total. The van der Waals surface area contributed by atoms with Crippen molar-refractivity contribution in [3.05, 3.63) is 59.3 Å². The molecule has 0 bridgehead atoms. The Morgan fingerprint density at radius 1 is 1.03 bits per heavy atom. The molecule has 0 saturated carbocycles. The van der Waals surface area contributed by atoms with E-state index in [0.717, 1.165) is 49.3 Å². The molecular formula is C24H26F3N3O. The smallest absolute Gasteiger partial charge is 0.371 e. The molecule has 0 spiro atoms. The summed E-state index contributed by atoms with van der Waals surface area (Å²) in [7, 11) is 0. The van der Waals surface area contributed by atoms with Gasteiger partial charge in [0.25, 0.3) is 5.91 Å². The number of benzene rings is 2. The molecule has 2 heterocycles. The van der Waals surface area contributed by atoms with Crippen molar-refractivity contribution in [2.75, 3.05) is 28.6 Å². The summed E-state index contributed by atoms with van der Waals surface area (Å²) in [5, 5.41) is 5.70. The van der Waals surface area contributed by atoms with Crippen molar-refractivity contribution < 1.29 is 18.0 Å². The van der Waals surface area contributed by atoms with Crippen LogP contribution in [0, 0.1) is 6.92 Å². The number of amides is 1. The summed E-state index contributed by atoms with van der Waals surface area (Å²) in [5.41, 5.74) is 2.69. The van der Waals surface area contributed by atoms with Crippen LogP contribution in [-0.2, 0) is 11.0 Å². The third kappa shape index (κ3) is 4.55. The quantitative estimate of drug-likeness (QED) is 0.572. The lowest BCUT2D eigenvalue weighted by atomic mass is 10.0. The number of fused-ring (bicyclic) bond motifs is 1. The lowest BCUT2D eigenvalue weighted by Crippen LogP contribution is -2.29. The van der Waals surface area contributed by atoms with Crippen molar-refractivity contribution in [2.45, 2.75) is 45.2 Å². The molecule has 0 aromatic heterocycles. The Morgan fingerprint density at radius 3 is 2.45 bits per heavy atom. The summed E-state index contributed by atoms with van der Waals surface area (Å²) in [5.74, 6) is -0.273. The van der Waals surface area contributed by atoms with E-state index < -0.39 is 11.7 Å². The van der Waals surface area contributed by atoms with Crippen LogP contribution >= 0.6 is 0 Å². The van der Waals surface area contributed by atoms with Crippen molar-refractivity contribution >= 4 is 28.5 Å². The van der Waals surface area contributed by atoms with Gasteiger partial charge in [-0.05, 0) is 49.6 Å². The molecule has 7 heteroatoms. The van der Waals surface area contributed by atoms with E-state index in [-0.39, 0.29) is 11.6 Å². The molecule has 2 aromatic rings. The molecule has 164 valence electrons. The van der Waals surface area contributed by atoms with E-state index in [0.29, 0.717) is 30.0 Å². The van der Waals surface area contributed by atoms with E-state index >= 15 is 0 Å². The molecule has 1 amide bonds. The minimum absolute atomic E-state index is 0.229. The zero-order chi connectivity index (χ0) is 22.0. The molecular weight excluding hydrogens is 403 g/mol. The first kappa shape index (κ1) is 21.3. The molecule has 0 atom stereocenters. The van der Waals surface area contributed by atoms with E-state index in [1.165, 1.54) is 6.20 Å². The first-order chi connectivity index (χ1) is 14.8. The number of carbonyl (C=O) groups excluding carboxylic acids is 1. The molecule has 31 heavy (non-hydrogen) atoms. The second-order valence-corrected chi connectivity index (χ2v) is 8.14.